The molecule has 2 aromatic rings. The van der Waals surface area contributed by atoms with Crippen molar-refractivity contribution in [2.75, 3.05) is 32.1 Å². The molecule has 1 aromatic carbocycles. The molecule has 0 fully saturated rings. The molecule has 1 aromatic heterocycles. The van der Waals surface area contributed by atoms with Crippen molar-refractivity contribution < 1.29 is 9.53 Å². The predicted molar refractivity (Wildman–Crippen MR) is 96.7 cm³/mol. The second-order valence-electron chi connectivity index (χ2n) is 5.34. The fraction of sp³-hybridized carbons (Fsp3) is 0.333. The maximum Gasteiger partial charge on any atom is 0.252 e. The Morgan fingerprint density at radius 2 is 1.96 bits per heavy atom. The smallest absolute Gasteiger partial charge is 0.252 e. The number of nitrogens with one attached hydrogen (secondary N) is 2. The van der Waals surface area contributed by atoms with Crippen molar-refractivity contribution in [1.29, 1.82) is 0 Å². The van der Waals surface area contributed by atoms with Gasteiger partial charge in [-0.05, 0) is 42.7 Å². The molecule has 128 valence electrons. The number of halogens is 1. The van der Waals surface area contributed by atoms with Crippen LogP contribution in [0.2, 0.25) is 5.02 Å². The number of carbonyl (C=O) groups is 1. The molecule has 1 amide bonds. The number of amides is 1. The Bertz CT molecular complexity index is 630. The van der Waals surface area contributed by atoms with Crippen LogP contribution in [0.15, 0.2) is 42.6 Å². The molecule has 0 aliphatic carbocycles. The first-order chi connectivity index (χ1) is 11.7. The minimum absolute atomic E-state index is 0.119. The van der Waals surface area contributed by atoms with Gasteiger partial charge in [-0.2, -0.15) is 0 Å². The number of methoxy groups -OCH3 is 1. The topological polar surface area (TPSA) is 63.2 Å². The average molecular weight is 348 g/mol. The quantitative estimate of drug-likeness (QED) is 0.684. The lowest BCUT2D eigenvalue weighted by atomic mass is 10.1. The monoisotopic (exact) mass is 347 g/mol. The largest absolute Gasteiger partial charge is 0.385 e. The molecule has 0 unspecified atom stereocenters. The number of hydrogen-bond donors (Lipinski definition) is 2. The third-order valence-corrected chi connectivity index (χ3v) is 3.72. The summed E-state index contributed by atoms with van der Waals surface area (Å²) in [5.74, 6) is 0.631. The van der Waals surface area contributed by atoms with Crippen molar-refractivity contribution in [3.8, 4) is 0 Å². The van der Waals surface area contributed by atoms with E-state index in [9.17, 15) is 4.79 Å². The Kier molecular flexibility index (Phi) is 7.52. The summed E-state index contributed by atoms with van der Waals surface area (Å²) in [7, 11) is 1.64. The lowest BCUT2D eigenvalue weighted by molar-refractivity contribution is 0.0948. The Morgan fingerprint density at radius 3 is 2.62 bits per heavy atom. The van der Waals surface area contributed by atoms with Crippen molar-refractivity contribution in [2.45, 2.75) is 12.8 Å². The van der Waals surface area contributed by atoms with Gasteiger partial charge in [-0.3, -0.25) is 4.79 Å². The number of anilines is 1. The molecule has 0 bridgehead atoms. The average Bonchev–Trinajstić information content (AvgIpc) is 2.61. The van der Waals surface area contributed by atoms with E-state index in [0.717, 1.165) is 30.2 Å². The Hall–Kier alpha value is -2.11. The molecule has 0 saturated carbocycles. The molecule has 0 atom stereocenters. The number of nitrogens with zero attached hydrogens (tertiary/aromatic N) is 1. The Morgan fingerprint density at radius 1 is 1.17 bits per heavy atom. The van der Waals surface area contributed by atoms with Gasteiger partial charge in [-0.15, -0.1) is 0 Å². The molecule has 2 rings (SSSR count). The minimum Gasteiger partial charge on any atom is -0.385 e. The Balaban J connectivity index is 1.75. The highest BCUT2D eigenvalue weighted by Crippen LogP contribution is 2.10. The van der Waals surface area contributed by atoms with Crippen LogP contribution in [0, 0.1) is 0 Å². The number of carbonyl (C=O) groups excluding carboxylic acids is 1. The zero-order valence-electron chi connectivity index (χ0n) is 13.7. The zero-order valence-corrected chi connectivity index (χ0v) is 14.5. The number of rotatable bonds is 9. The molecule has 6 heteroatoms. The molecule has 0 aliphatic rings. The van der Waals surface area contributed by atoms with Crippen LogP contribution in [0.1, 0.15) is 22.3 Å². The van der Waals surface area contributed by atoms with Crippen molar-refractivity contribution >= 4 is 23.3 Å². The number of hydrogen-bond acceptors (Lipinski definition) is 4. The number of aromatic nitrogens is 1. The maximum atomic E-state index is 11.9. The molecule has 2 N–H and O–H groups in total. The van der Waals surface area contributed by atoms with E-state index in [2.05, 4.69) is 15.6 Å². The van der Waals surface area contributed by atoms with Gasteiger partial charge in [-0.1, -0.05) is 23.7 Å². The van der Waals surface area contributed by atoms with Crippen LogP contribution in [0.3, 0.4) is 0 Å². The van der Waals surface area contributed by atoms with Crippen molar-refractivity contribution in [2.24, 2.45) is 0 Å². The molecular formula is C18H22ClN3O2. The standard InChI is InChI=1S/C18H22ClN3O2/c1-24-12-2-10-21-18(23)15-5-8-17(22-13-15)20-11-9-14-3-6-16(19)7-4-14/h3-8,13H,2,9-12H2,1H3,(H,20,22)(H,21,23). The second-order valence-corrected chi connectivity index (χ2v) is 5.77. The van der Waals surface area contributed by atoms with Gasteiger partial charge in [0.2, 0.25) is 0 Å². The van der Waals surface area contributed by atoms with Crippen LogP contribution in [0.4, 0.5) is 5.82 Å². The molecule has 0 spiro atoms. The summed E-state index contributed by atoms with van der Waals surface area (Å²) in [5.41, 5.74) is 1.76. The first kappa shape index (κ1) is 18.2. The third-order valence-electron chi connectivity index (χ3n) is 3.47. The number of ether oxygens (including phenoxy) is 1. The van der Waals surface area contributed by atoms with Gasteiger partial charge in [0, 0.05) is 38.0 Å². The van der Waals surface area contributed by atoms with Gasteiger partial charge in [0.1, 0.15) is 5.82 Å². The van der Waals surface area contributed by atoms with Crippen LogP contribution >= 0.6 is 11.6 Å². The normalized spacial score (nSPS) is 10.4. The van der Waals surface area contributed by atoms with Gasteiger partial charge < -0.3 is 15.4 Å². The van der Waals surface area contributed by atoms with E-state index in [1.165, 1.54) is 5.56 Å². The van der Waals surface area contributed by atoms with Gasteiger partial charge in [-0.25, -0.2) is 4.98 Å². The SMILES string of the molecule is COCCCNC(=O)c1ccc(NCCc2ccc(Cl)cc2)nc1. The van der Waals surface area contributed by atoms with Crippen molar-refractivity contribution in [3.63, 3.8) is 0 Å². The molecule has 5 nitrogen and oxygen atoms in total. The van der Waals surface area contributed by atoms with Gasteiger partial charge in [0.05, 0.1) is 5.56 Å². The van der Waals surface area contributed by atoms with Crippen LogP contribution in [-0.2, 0) is 11.2 Å². The van der Waals surface area contributed by atoms with E-state index in [1.54, 1.807) is 19.4 Å². The highest BCUT2D eigenvalue weighted by Gasteiger charge is 2.05. The highest BCUT2D eigenvalue weighted by atomic mass is 35.5. The van der Waals surface area contributed by atoms with Gasteiger partial charge in [0.15, 0.2) is 0 Å². The molecule has 1 heterocycles. The lowest BCUT2D eigenvalue weighted by Gasteiger charge is -2.08. The molecule has 0 radical (unpaired) electrons. The summed E-state index contributed by atoms with van der Waals surface area (Å²) >= 11 is 5.86. The summed E-state index contributed by atoms with van der Waals surface area (Å²) < 4.78 is 4.94. The summed E-state index contributed by atoms with van der Waals surface area (Å²) in [6.07, 6.45) is 3.25. The van der Waals surface area contributed by atoms with E-state index in [1.807, 2.05) is 30.3 Å². The van der Waals surface area contributed by atoms with Gasteiger partial charge in [0.25, 0.3) is 5.91 Å². The summed E-state index contributed by atoms with van der Waals surface area (Å²) in [6.45, 7) is 1.99. The van der Waals surface area contributed by atoms with E-state index >= 15 is 0 Å². The van der Waals surface area contributed by atoms with Crippen LogP contribution in [0.5, 0.6) is 0 Å². The first-order valence-electron chi connectivity index (χ1n) is 7.90. The number of benzene rings is 1. The van der Waals surface area contributed by atoms with Crippen molar-refractivity contribution in [3.05, 3.63) is 58.7 Å². The molecule has 0 aliphatic heterocycles. The minimum atomic E-state index is -0.119. The maximum absolute atomic E-state index is 11.9. The number of pyridine rings is 1. The predicted octanol–water partition coefficient (Wildman–Crippen LogP) is 3.16. The van der Waals surface area contributed by atoms with E-state index in [4.69, 9.17) is 16.3 Å². The molecule has 24 heavy (non-hydrogen) atoms. The lowest BCUT2D eigenvalue weighted by Crippen LogP contribution is -2.25. The van der Waals surface area contributed by atoms with E-state index in [-0.39, 0.29) is 5.91 Å². The molecular weight excluding hydrogens is 326 g/mol. The zero-order chi connectivity index (χ0) is 17.2. The van der Waals surface area contributed by atoms with E-state index < -0.39 is 0 Å². The van der Waals surface area contributed by atoms with Crippen LogP contribution < -0.4 is 10.6 Å². The fourth-order valence-electron chi connectivity index (χ4n) is 2.14. The summed E-state index contributed by atoms with van der Waals surface area (Å²) in [5, 5.41) is 6.81. The Labute approximate surface area is 147 Å². The van der Waals surface area contributed by atoms with Crippen molar-refractivity contribution in [1.82, 2.24) is 10.3 Å². The summed E-state index contributed by atoms with van der Waals surface area (Å²) in [6, 6.07) is 11.4. The van der Waals surface area contributed by atoms with E-state index in [0.29, 0.717) is 18.7 Å². The first-order valence-corrected chi connectivity index (χ1v) is 8.28. The molecule has 0 saturated heterocycles. The van der Waals surface area contributed by atoms with Crippen LogP contribution in [0.25, 0.3) is 0 Å². The highest BCUT2D eigenvalue weighted by molar-refractivity contribution is 6.30. The van der Waals surface area contributed by atoms with Gasteiger partial charge >= 0.3 is 0 Å². The second kappa shape index (κ2) is 9.90. The fourth-order valence-corrected chi connectivity index (χ4v) is 2.27. The van der Waals surface area contributed by atoms with Crippen LogP contribution in [-0.4, -0.2) is 37.7 Å². The summed E-state index contributed by atoms with van der Waals surface area (Å²) in [4.78, 5) is 16.2. The third kappa shape index (κ3) is 6.18.